The van der Waals surface area contributed by atoms with E-state index in [-0.39, 0.29) is 12.1 Å². The van der Waals surface area contributed by atoms with Gasteiger partial charge < -0.3 is 15.7 Å². The summed E-state index contributed by atoms with van der Waals surface area (Å²) in [7, 11) is 1.97. The Balaban J connectivity index is 2.77. The van der Waals surface area contributed by atoms with Gasteiger partial charge in [-0.25, -0.2) is 0 Å². The number of nitrogens with zero attached hydrogens (tertiary/aromatic N) is 1. The second kappa shape index (κ2) is 6.24. The SMILES string of the molecule is CC(O)CCN(C)c1ccc([C@@H](C)N)cc1Cl. The third-order valence-electron chi connectivity index (χ3n) is 2.79. The van der Waals surface area contributed by atoms with E-state index in [1.807, 2.05) is 37.1 Å². The van der Waals surface area contributed by atoms with Crippen molar-refractivity contribution in [2.24, 2.45) is 5.73 Å². The summed E-state index contributed by atoms with van der Waals surface area (Å²) in [6.45, 7) is 4.49. The van der Waals surface area contributed by atoms with Gasteiger partial charge in [0.1, 0.15) is 0 Å². The molecular formula is C13H21ClN2O. The van der Waals surface area contributed by atoms with Crippen LogP contribution in [0.4, 0.5) is 5.69 Å². The van der Waals surface area contributed by atoms with Crippen LogP contribution >= 0.6 is 11.6 Å². The van der Waals surface area contributed by atoms with Gasteiger partial charge in [-0.1, -0.05) is 17.7 Å². The fraction of sp³-hybridized carbons (Fsp3) is 0.538. The highest BCUT2D eigenvalue weighted by atomic mass is 35.5. The van der Waals surface area contributed by atoms with Crippen molar-refractivity contribution in [3.05, 3.63) is 28.8 Å². The summed E-state index contributed by atoms with van der Waals surface area (Å²) < 4.78 is 0. The molecule has 17 heavy (non-hydrogen) atoms. The lowest BCUT2D eigenvalue weighted by Gasteiger charge is -2.22. The van der Waals surface area contributed by atoms with Crippen molar-refractivity contribution >= 4 is 17.3 Å². The van der Waals surface area contributed by atoms with Gasteiger partial charge in [0.15, 0.2) is 0 Å². The summed E-state index contributed by atoms with van der Waals surface area (Å²) in [4.78, 5) is 2.04. The molecule has 0 saturated heterocycles. The van der Waals surface area contributed by atoms with Crippen molar-refractivity contribution in [1.29, 1.82) is 0 Å². The second-order valence-electron chi connectivity index (χ2n) is 4.56. The minimum atomic E-state index is -0.292. The van der Waals surface area contributed by atoms with Crippen LogP contribution < -0.4 is 10.6 Å². The molecule has 3 N–H and O–H groups in total. The number of hydrogen-bond acceptors (Lipinski definition) is 3. The predicted molar refractivity (Wildman–Crippen MR) is 73.6 cm³/mol. The average Bonchev–Trinajstić information content (AvgIpc) is 2.25. The monoisotopic (exact) mass is 256 g/mol. The first-order valence-corrected chi connectivity index (χ1v) is 6.24. The molecule has 1 unspecified atom stereocenters. The fourth-order valence-electron chi connectivity index (χ4n) is 1.62. The number of aliphatic hydroxyl groups is 1. The maximum absolute atomic E-state index is 9.26. The molecular weight excluding hydrogens is 236 g/mol. The van der Waals surface area contributed by atoms with Crippen molar-refractivity contribution in [2.75, 3.05) is 18.5 Å². The summed E-state index contributed by atoms with van der Waals surface area (Å²) in [5.74, 6) is 0. The van der Waals surface area contributed by atoms with Crippen molar-refractivity contribution < 1.29 is 5.11 Å². The maximum Gasteiger partial charge on any atom is 0.0642 e. The molecule has 0 bridgehead atoms. The zero-order valence-electron chi connectivity index (χ0n) is 10.7. The van der Waals surface area contributed by atoms with E-state index in [0.29, 0.717) is 5.02 Å². The molecule has 0 aliphatic heterocycles. The molecule has 0 fully saturated rings. The third-order valence-corrected chi connectivity index (χ3v) is 3.09. The Morgan fingerprint density at radius 1 is 1.41 bits per heavy atom. The van der Waals surface area contributed by atoms with Gasteiger partial charge in [-0.05, 0) is 38.0 Å². The first kappa shape index (κ1) is 14.3. The minimum Gasteiger partial charge on any atom is -0.393 e. The van der Waals surface area contributed by atoms with Crippen molar-refractivity contribution in [3.8, 4) is 0 Å². The van der Waals surface area contributed by atoms with Gasteiger partial charge in [0.05, 0.1) is 16.8 Å². The van der Waals surface area contributed by atoms with Crippen LogP contribution in [0.5, 0.6) is 0 Å². The van der Waals surface area contributed by atoms with E-state index in [9.17, 15) is 5.11 Å². The molecule has 1 aromatic carbocycles. The molecule has 0 aliphatic rings. The summed E-state index contributed by atoms with van der Waals surface area (Å²) in [5, 5.41) is 9.96. The molecule has 0 aliphatic carbocycles. The topological polar surface area (TPSA) is 49.5 Å². The van der Waals surface area contributed by atoms with E-state index in [0.717, 1.165) is 24.2 Å². The lowest BCUT2D eigenvalue weighted by Crippen LogP contribution is -2.22. The molecule has 0 aromatic heterocycles. The Hall–Kier alpha value is -0.770. The number of aliphatic hydroxyl groups excluding tert-OH is 1. The van der Waals surface area contributed by atoms with Crippen LogP contribution in [0.15, 0.2) is 18.2 Å². The van der Waals surface area contributed by atoms with Crippen LogP contribution in [0.2, 0.25) is 5.02 Å². The van der Waals surface area contributed by atoms with E-state index in [2.05, 4.69) is 0 Å². The van der Waals surface area contributed by atoms with Gasteiger partial charge in [-0.2, -0.15) is 0 Å². The standard InChI is InChI=1S/C13H21ClN2O/c1-9(17)6-7-16(3)13-5-4-11(10(2)15)8-12(13)14/h4-5,8-10,17H,6-7,15H2,1-3H3/t9?,10-/m1/s1. The van der Waals surface area contributed by atoms with Crippen molar-refractivity contribution in [2.45, 2.75) is 32.4 Å². The van der Waals surface area contributed by atoms with Crippen molar-refractivity contribution in [1.82, 2.24) is 0 Å². The third kappa shape index (κ3) is 4.19. The highest BCUT2D eigenvalue weighted by molar-refractivity contribution is 6.33. The Bertz CT molecular complexity index is 366. The molecule has 0 saturated carbocycles. The number of anilines is 1. The number of rotatable bonds is 5. The van der Waals surface area contributed by atoms with Crippen LogP contribution in [0.25, 0.3) is 0 Å². The Morgan fingerprint density at radius 2 is 2.06 bits per heavy atom. The van der Waals surface area contributed by atoms with Gasteiger partial charge in [0.25, 0.3) is 0 Å². The summed E-state index contributed by atoms with van der Waals surface area (Å²) >= 11 is 6.22. The lowest BCUT2D eigenvalue weighted by atomic mass is 10.1. The quantitative estimate of drug-likeness (QED) is 0.851. The van der Waals surface area contributed by atoms with Gasteiger partial charge in [0.2, 0.25) is 0 Å². The molecule has 0 radical (unpaired) electrons. The normalized spacial score (nSPS) is 14.5. The zero-order chi connectivity index (χ0) is 13.0. The van der Waals surface area contributed by atoms with Crippen LogP contribution in [0, 0.1) is 0 Å². The molecule has 4 heteroatoms. The summed E-state index contributed by atoms with van der Waals surface area (Å²) in [6.07, 6.45) is 0.432. The van der Waals surface area contributed by atoms with Gasteiger partial charge in [-0.15, -0.1) is 0 Å². The predicted octanol–water partition coefficient (Wildman–Crippen LogP) is 2.57. The van der Waals surface area contributed by atoms with E-state index in [4.69, 9.17) is 17.3 Å². The highest BCUT2D eigenvalue weighted by Gasteiger charge is 2.09. The Morgan fingerprint density at radius 3 is 2.53 bits per heavy atom. The average molecular weight is 257 g/mol. The molecule has 0 amide bonds. The second-order valence-corrected chi connectivity index (χ2v) is 4.97. The van der Waals surface area contributed by atoms with Crippen LogP contribution in [0.3, 0.4) is 0 Å². The van der Waals surface area contributed by atoms with Gasteiger partial charge in [0, 0.05) is 19.6 Å². The van der Waals surface area contributed by atoms with Crippen molar-refractivity contribution in [3.63, 3.8) is 0 Å². The number of hydrogen-bond donors (Lipinski definition) is 2. The van der Waals surface area contributed by atoms with Gasteiger partial charge >= 0.3 is 0 Å². The summed E-state index contributed by atoms with van der Waals surface area (Å²) in [6, 6.07) is 5.86. The van der Waals surface area contributed by atoms with Crippen LogP contribution in [-0.4, -0.2) is 24.8 Å². The highest BCUT2D eigenvalue weighted by Crippen LogP contribution is 2.27. The zero-order valence-corrected chi connectivity index (χ0v) is 11.4. The van der Waals surface area contributed by atoms with E-state index >= 15 is 0 Å². The molecule has 1 rings (SSSR count). The first-order chi connectivity index (χ1) is 7.91. The fourth-order valence-corrected chi connectivity index (χ4v) is 1.95. The largest absolute Gasteiger partial charge is 0.393 e. The molecule has 0 spiro atoms. The molecule has 1 aromatic rings. The smallest absolute Gasteiger partial charge is 0.0642 e. The van der Waals surface area contributed by atoms with E-state index < -0.39 is 0 Å². The van der Waals surface area contributed by atoms with Crippen LogP contribution in [-0.2, 0) is 0 Å². The molecule has 96 valence electrons. The number of benzene rings is 1. The van der Waals surface area contributed by atoms with Gasteiger partial charge in [-0.3, -0.25) is 0 Å². The maximum atomic E-state index is 9.26. The molecule has 2 atom stereocenters. The molecule has 3 nitrogen and oxygen atoms in total. The van der Waals surface area contributed by atoms with E-state index in [1.165, 1.54) is 0 Å². The first-order valence-electron chi connectivity index (χ1n) is 5.86. The molecule has 0 heterocycles. The Kier molecular flexibility index (Phi) is 5.25. The minimum absolute atomic E-state index is 0.00989. The number of halogens is 1. The van der Waals surface area contributed by atoms with E-state index in [1.54, 1.807) is 6.92 Å². The van der Waals surface area contributed by atoms with Crippen LogP contribution in [0.1, 0.15) is 31.9 Å². The lowest BCUT2D eigenvalue weighted by molar-refractivity contribution is 0.187. The Labute approximate surface area is 108 Å². The number of nitrogens with two attached hydrogens (primary N) is 1. The summed E-state index contributed by atoms with van der Waals surface area (Å²) in [5.41, 5.74) is 7.80.